The van der Waals surface area contributed by atoms with Gasteiger partial charge >= 0.3 is 0 Å². The van der Waals surface area contributed by atoms with Crippen molar-refractivity contribution in [3.8, 4) is 0 Å². The Balaban J connectivity index is 1.19. The zero-order chi connectivity index (χ0) is 36.2. The number of aliphatic hydroxyl groups is 10. The van der Waals surface area contributed by atoms with Crippen molar-refractivity contribution in [1.29, 1.82) is 0 Å². The lowest BCUT2D eigenvalue weighted by Gasteiger charge is -2.54. The average molecular weight is 730 g/mol. The lowest BCUT2D eigenvalue weighted by Crippen LogP contribution is -2.74. The molecule has 0 aromatic heterocycles. The topological polar surface area (TPSA) is 289 Å². The van der Waals surface area contributed by atoms with Crippen LogP contribution < -0.4 is 0 Å². The normalized spacial score (nSPS) is 52.8. The summed E-state index contributed by atoms with van der Waals surface area (Å²) in [6.45, 7) is 4.79. The van der Waals surface area contributed by atoms with E-state index in [-0.39, 0.29) is 13.2 Å². The van der Waals surface area contributed by atoms with E-state index in [9.17, 15) is 51.1 Å². The molecule has 6 aliphatic rings. The Morgan fingerprint density at radius 1 is 0.660 bits per heavy atom. The first-order valence-corrected chi connectivity index (χ1v) is 17.1. The number of hydrogen-bond donors (Lipinski definition) is 10. The van der Waals surface area contributed by atoms with Gasteiger partial charge in [-0.1, -0.05) is 13.8 Å². The molecule has 0 spiro atoms. The predicted octanol–water partition coefficient (Wildman–Crippen LogP) is -6.56. The second-order valence-electron chi connectivity index (χ2n) is 13.6. The monoisotopic (exact) mass is 729 g/mol. The SMILES string of the molecule is CCN(CC)C(C)[C@@]1(O[C@@H]2[C@H]3OC[C@@H]2O[C@@H](O[C@@H]2[C@@H](O)[C@H](O[C@@H]4[C@H]5OC[C@@H]4O[C@@H](O)[C@H]5O)O[C@H](CO)[C@H]2O)[C@H]3O)O[C@H](CO)[C@H](O)[C@H](O)[C@H]1O. The minimum absolute atomic E-state index is 0.0242. The molecule has 0 aliphatic carbocycles. The molecule has 0 aromatic rings. The van der Waals surface area contributed by atoms with Crippen LogP contribution in [0.15, 0.2) is 0 Å². The van der Waals surface area contributed by atoms with Crippen molar-refractivity contribution < 1.29 is 93.7 Å². The number of rotatable bonds is 12. The molecular formula is C30H51NO19. The molecule has 290 valence electrons. The number of aliphatic hydroxyl groups excluding tert-OH is 10. The molecule has 6 fully saturated rings. The molecule has 6 heterocycles. The van der Waals surface area contributed by atoms with Crippen LogP contribution in [-0.2, 0) is 42.6 Å². The molecule has 21 atom stereocenters. The minimum atomic E-state index is -2.05. The van der Waals surface area contributed by atoms with Crippen LogP contribution in [0.25, 0.3) is 0 Å². The molecule has 20 heteroatoms. The quantitative estimate of drug-likeness (QED) is 0.0893. The lowest BCUT2D eigenvalue weighted by molar-refractivity contribution is -0.410. The smallest absolute Gasteiger partial charge is 0.213 e. The average Bonchev–Trinajstić information content (AvgIpc) is 3.59. The molecule has 20 nitrogen and oxygen atoms in total. The summed E-state index contributed by atoms with van der Waals surface area (Å²) in [5.74, 6) is -2.05. The van der Waals surface area contributed by atoms with Gasteiger partial charge in [0.1, 0.15) is 97.7 Å². The van der Waals surface area contributed by atoms with Crippen molar-refractivity contribution >= 4 is 0 Å². The van der Waals surface area contributed by atoms with E-state index in [0.717, 1.165) is 0 Å². The Morgan fingerprint density at radius 2 is 1.24 bits per heavy atom. The number of nitrogens with zero attached hydrogens (tertiary/aromatic N) is 1. The summed E-state index contributed by atoms with van der Waals surface area (Å²) in [6, 6.07) is -0.770. The van der Waals surface area contributed by atoms with E-state index in [1.54, 1.807) is 6.92 Å². The third-order valence-electron chi connectivity index (χ3n) is 10.8. The maximum atomic E-state index is 11.5. The van der Waals surface area contributed by atoms with Gasteiger partial charge in [0, 0.05) is 0 Å². The Hall–Kier alpha value is -0.800. The number of fused-ring (bicyclic) bond motifs is 4. The molecule has 6 saturated heterocycles. The molecule has 6 rings (SSSR count). The van der Waals surface area contributed by atoms with Crippen molar-refractivity contribution in [3.05, 3.63) is 0 Å². The Labute approximate surface area is 287 Å². The number of hydrogen-bond acceptors (Lipinski definition) is 20. The van der Waals surface area contributed by atoms with Crippen LogP contribution in [0.2, 0.25) is 0 Å². The van der Waals surface area contributed by atoms with Crippen LogP contribution >= 0.6 is 0 Å². The Morgan fingerprint density at radius 3 is 1.86 bits per heavy atom. The van der Waals surface area contributed by atoms with Crippen LogP contribution in [-0.4, -0.2) is 224 Å². The van der Waals surface area contributed by atoms with E-state index >= 15 is 0 Å². The number of ether oxygens (including phenoxy) is 9. The van der Waals surface area contributed by atoms with E-state index < -0.39 is 142 Å². The van der Waals surface area contributed by atoms with Gasteiger partial charge in [0.05, 0.1) is 32.5 Å². The summed E-state index contributed by atoms with van der Waals surface area (Å²) in [6.07, 6.45) is -26.7. The van der Waals surface area contributed by atoms with Crippen LogP contribution in [0.1, 0.15) is 20.8 Å². The maximum absolute atomic E-state index is 11.5. The first-order chi connectivity index (χ1) is 23.8. The lowest BCUT2D eigenvalue weighted by atomic mass is 9.87. The van der Waals surface area contributed by atoms with E-state index in [2.05, 4.69) is 0 Å². The molecule has 1 unspecified atom stereocenters. The van der Waals surface area contributed by atoms with Gasteiger partial charge in [-0.15, -0.1) is 0 Å². The van der Waals surface area contributed by atoms with Gasteiger partial charge in [-0.25, -0.2) is 0 Å². The van der Waals surface area contributed by atoms with Crippen molar-refractivity contribution in [3.63, 3.8) is 0 Å². The third-order valence-corrected chi connectivity index (χ3v) is 10.8. The summed E-state index contributed by atoms with van der Waals surface area (Å²) >= 11 is 0. The van der Waals surface area contributed by atoms with Crippen molar-refractivity contribution in [1.82, 2.24) is 4.90 Å². The van der Waals surface area contributed by atoms with Crippen LogP contribution in [0.3, 0.4) is 0 Å². The van der Waals surface area contributed by atoms with E-state index in [0.29, 0.717) is 13.1 Å². The molecule has 0 saturated carbocycles. The maximum Gasteiger partial charge on any atom is 0.213 e. The van der Waals surface area contributed by atoms with Gasteiger partial charge in [0.15, 0.2) is 18.9 Å². The standard InChI is InChI=1S/C30H51NO19/c1-4-31(5-2)10(3)30(26(40)17(36)15(34)12(7-33)49-30)50-22-14-9-43-25(22)20(39)29(46-14)48-23-16(35)11(6-32)45-28(19(23)38)47-21-13-8-42-24(21)18(37)27(41)44-13/h10-29,32-41H,4-9H2,1-3H3/t10?,11-,12-,13+,14+,15+,16-,17+,18+,19-,20+,21+,22+,23+,24+,25+,26-,27-,28+,29+,30+/m1/s1. The molecule has 0 amide bonds. The summed E-state index contributed by atoms with van der Waals surface area (Å²) in [5, 5.41) is 107. The first kappa shape index (κ1) is 38.9. The van der Waals surface area contributed by atoms with Gasteiger partial charge in [-0.3, -0.25) is 4.90 Å². The molecule has 4 bridgehead atoms. The van der Waals surface area contributed by atoms with Gasteiger partial charge in [-0.2, -0.15) is 0 Å². The molecule has 50 heavy (non-hydrogen) atoms. The van der Waals surface area contributed by atoms with Crippen molar-refractivity contribution in [2.24, 2.45) is 0 Å². The second kappa shape index (κ2) is 15.5. The van der Waals surface area contributed by atoms with Gasteiger partial charge in [-0.05, 0) is 20.0 Å². The van der Waals surface area contributed by atoms with Crippen molar-refractivity contribution in [2.45, 2.75) is 149 Å². The molecular weight excluding hydrogens is 678 g/mol. The fourth-order valence-corrected chi connectivity index (χ4v) is 7.87. The summed E-state index contributed by atoms with van der Waals surface area (Å²) in [5.41, 5.74) is 0. The predicted molar refractivity (Wildman–Crippen MR) is 159 cm³/mol. The Bertz CT molecular complexity index is 1120. The number of likely N-dealkylation sites (N-methyl/N-ethyl adjacent to an activating group) is 1. The summed E-state index contributed by atoms with van der Waals surface area (Å²) < 4.78 is 52.7. The summed E-state index contributed by atoms with van der Waals surface area (Å²) in [7, 11) is 0. The highest BCUT2D eigenvalue weighted by atomic mass is 16.8. The zero-order valence-corrected chi connectivity index (χ0v) is 27.9. The highest BCUT2D eigenvalue weighted by molar-refractivity contribution is 5.06. The van der Waals surface area contributed by atoms with Crippen molar-refractivity contribution in [2.75, 3.05) is 39.5 Å². The van der Waals surface area contributed by atoms with Crippen LogP contribution in [0.5, 0.6) is 0 Å². The van der Waals surface area contributed by atoms with Crippen LogP contribution in [0, 0.1) is 0 Å². The zero-order valence-electron chi connectivity index (χ0n) is 27.9. The molecule has 10 N–H and O–H groups in total. The molecule has 0 radical (unpaired) electrons. The minimum Gasteiger partial charge on any atom is -0.394 e. The van der Waals surface area contributed by atoms with E-state index in [1.807, 2.05) is 18.7 Å². The highest BCUT2D eigenvalue weighted by Crippen LogP contribution is 2.43. The van der Waals surface area contributed by atoms with Gasteiger partial charge in [0.25, 0.3) is 0 Å². The van der Waals surface area contributed by atoms with Gasteiger partial charge < -0.3 is 93.7 Å². The largest absolute Gasteiger partial charge is 0.394 e. The van der Waals surface area contributed by atoms with Gasteiger partial charge in [0.2, 0.25) is 5.79 Å². The third kappa shape index (κ3) is 6.64. The van der Waals surface area contributed by atoms with E-state index in [1.165, 1.54) is 0 Å². The van der Waals surface area contributed by atoms with E-state index in [4.69, 9.17) is 42.6 Å². The fraction of sp³-hybridized carbons (Fsp3) is 1.00. The molecule has 0 aromatic carbocycles. The Kier molecular flexibility index (Phi) is 12.1. The fourth-order valence-electron chi connectivity index (χ4n) is 7.87. The molecule has 6 aliphatic heterocycles. The summed E-state index contributed by atoms with van der Waals surface area (Å²) in [4.78, 5) is 1.88. The highest BCUT2D eigenvalue weighted by Gasteiger charge is 2.64. The second-order valence-corrected chi connectivity index (χ2v) is 13.6. The first-order valence-electron chi connectivity index (χ1n) is 17.1. The van der Waals surface area contributed by atoms with Crippen LogP contribution in [0.4, 0.5) is 0 Å².